The third kappa shape index (κ3) is 5.73. The van der Waals surface area contributed by atoms with Gasteiger partial charge in [0.25, 0.3) is 0 Å². The van der Waals surface area contributed by atoms with Crippen molar-refractivity contribution < 1.29 is 14.0 Å². The topological polar surface area (TPSA) is 52.7 Å². The largest absolute Gasteiger partial charge is 0.347 e. The lowest BCUT2D eigenvalue weighted by Gasteiger charge is -2.43. The first-order valence-corrected chi connectivity index (χ1v) is 13.9. The van der Waals surface area contributed by atoms with Crippen LogP contribution in [0.2, 0.25) is 5.02 Å². The van der Waals surface area contributed by atoms with E-state index in [0.29, 0.717) is 11.6 Å². The van der Waals surface area contributed by atoms with Crippen molar-refractivity contribution in [3.63, 3.8) is 0 Å². The Morgan fingerprint density at radius 1 is 0.974 bits per heavy atom. The normalized spacial score (nSPS) is 22.2. The fourth-order valence-electron chi connectivity index (χ4n) is 6.32. The number of nitrogens with zero attached hydrogens (tertiary/aromatic N) is 2. The molecule has 1 heterocycles. The van der Waals surface area contributed by atoms with Gasteiger partial charge in [0, 0.05) is 45.2 Å². The number of piperidine rings is 1. The van der Waals surface area contributed by atoms with Gasteiger partial charge >= 0.3 is 0 Å². The average molecular weight is 548 g/mol. The van der Waals surface area contributed by atoms with Crippen molar-refractivity contribution in [2.75, 3.05) is 26.7 Å². The smallest absolute Gasteiger partial charge is 0.233 e. The number of carbonyl (C=O) groups is 2. The molecule has 1 aliphatic carbocycles. The molecule has 5 rings (SSSR count). The average Bonchev–Trinajstić information content (AvgIpc) is 3.65. The molecule has 0 radical (unpaired) electrons. The first-order valence-electron chi connectivity index (χ1n) is 13.5. The third-order valence-electron chi connectivity index (χ3n) is 8.46. The fraction of sp³-hybridized carbons (Fsp3) is 0.375. The number of carbonyl (C=O) groups excluding carboxylic acids is 2. The third-order valence-corrected chi connectivity index (χ3v) is 8.71. The second-order valence-electron chi connectivity index (χ2n) is 11.1. The van der Waals surface area contributed by atoms with Crippen molar-refractivity contribution in [2.24, 2.45) is 5.92 Å². The molecular weight excluding hydrogens is 513 g/mol. The second kappa shape index (κ2) is 11.1. The molecule has 3 aromatic rings. The van der Waals surface area contributed by atoms with E-state index in [1.807, 2.05) is 49.5 Å². The molecular formula is C32H35ClFN3O2. The molecule has 2 atom stereocenters. The highest BCUT2D eigenvalue weighted by molar-refractivity contribution is 6.30. The van der Waals surface area contributed by atoms with Gasteiger partial charge in [-0.25, -0.2) is 4.39 Å². The van der Waals surface area contributed by atoms with Crippen LogP contribution in [-0.4, -0.2) is 48.3 Å². The summed E-state index contributed by atoms with van der Waals surface area (Å²) in [6.45, 7) is 4.48. The van der Waals surface area contributed by atoms with Crippen LogP contribution in [0.15, 0.2) is 78.9 Å². The summed E-state index contributed by atoms with van der Waals surface area (Å²) >= 11 is 6.19. The SMILES string of the molecule is CC(=O)NC1(c2ccccc2)CCN(CC2CC2(C(=O)N(C)Cc2ccc(F)cc2)c2ccc(Cl)cc2)CC1. The van der Waals surface area contributed by atoms with E-state index in [2.05, 4.69) is 22.3 Å². The van der Waals surface area contributed by atoms with Crippen molar-refractivity contribution in [1.29, 1.82) is 0 Å². The summed E-state index contributed by atoms with van der Waals surface area (Å²) in [5, 5.41) is 3.89. The van der Waals surface area contributed by atoms with Gasteiger partial charge in [0.2, 0.25) is 11.8 Å². The van der Waals surface area contributed by atoms with Crippen molar-refractivity contribution in [2.45, 2.75) is 43.7 Å². The summed E-state index contributed by atoms with van der Waals surface area (Å²) < 4.78 is 13.4. The Labute approximate surface area is 235 Å². The minimum absolute atomic E-state index is 0.0222. The Morgan fingerprint density at radius 3 is 2.23 bits per heavy atom. The highest BCUT2D eigenvalue weighted by atomic mass is 35.5. The van der Waals surface area contributed by atoms with Gasteiger partial charge in [-0.3, -0.25) is 9.59 Å². The first-order chi connectivity index (χ1) is 18.7. The van der Waals surface area contributed by atoms with E-state index >= 15 is 0 Å². The van der Waals surface area contributed by atoms with Crippen molar-refractivity contribution in [1.82, 2.24) is 15.1 Å². The maximum Gasteiger partial charge on any atom is 0.233 e. The fourth-order valence-corrected chi connectivity index (χ4v) is 6.45. The zero-order valence-corrected chi connectivity index (χ0v) is 23.3. The number of nitrogens with one attached hydrogen (secondary N) is 1. The van der Waals surface area contributed by atoms with Crippen LogP contribution in [0, 0.1) is 11.7 Å². The zero-order chi connectivity index (χ0) is 27.6. The van der Waals surface area contributed by atoms with Crippen LogP contribution in [0.5, 0.6) is 0 Å². The lowest BCUT2D eigenvalue weighted by atomic mass is 9.80. The number of halogens is 2. The summed E-state index contributed by atoms with van der Waals surface area (Å²) in [4.78, 5) is 30.3. The molecule has 7 heteroatoms. The number of amides is 2. The van der Waals surface area contributed by atoms with Crippen LogP contribution >= 0.6 is 11.6 Å². The summed E-state index contributed by atoms with van der Waals surface area (Å²) in [6.07, 6.45) is 2.40. The maximum atomic E-state index is 14.0. The molecule has 1 N–H and O–H groups in total. The maximum absolute atomic E-state index is 14.0. The minimum atomic E-state index is -0.606. The van der Waals surface area contributed by atoms with Crippen LogP contribution < -0.4 is 5.32 Å². The van der Waals surface area contributed by atoms with E-state index in [-0.39, 0.29) is 29.1 Å². The van der Waals surface area contributed by atoms with E-state index in [4.69, 9.17) is 11.6 Å². The summed E-state index contributed by atoms with van der Waals surface area (Å²) in [7, 11) is 1.82. The Morgan fingerprint density at radius 2 is 1.62 bits per heavy atom. The van der Waals surface area contributed by atoms with Gasteiger partial charge in [-0.1, -0.05) is 66.2 Å². The van der Waals surface area contributed by atoms with Crippen molar-refractivity contribution >= 4 is 23.4 Å². The van der Waals surface area contributed by atoms with E-state index in [1.165, 1.54) is 12.1 Å². The van der Waals surface area contributed by atoms with E-state index in [9.17, 15) is 14.0 Å². The Bertz CT molecular complexity index is 1310. The molecule has 2 fully saturated rings. The predicted octanol–water partition coefficient (Wildman–Crippen LogP) is 5.52. The summed E-state index contributed by atoms with van der Waals surface area (Å²) in [5.41, 5.74) is 2.04. The van der Waals surface area contributed by atoms with E-state index in [1.54, 1.807) is 24.0 Å². The molecule has 2 aliphatic rings. The van der Waals surface area contributed by atoms with Crippen LogP contribution in [0.4, 0.5) is 4.39 Å². The summed E-state index contributed by atoms with van der Waals surface area (Å²) in [6, 6.07) is 24.2. The Kier molecular flexibility index (Phi) is 7.79. The van der Waals surface area contributed by atoms with Crippen LogP contribution in [-0.2, 0) is 27.1 Å². The van der Waals surface area contributed by atoms with Crippen LogP contribution in [0.25, 0.3) is 0 Å². The molecule has 0 spiro atoms. The predicted molar refractivity (Wildman–Crippen MR) is 152 cm³/mol. The first kappa shape index (κ1) is 27.4. The van der Waals surface area contributed by atoms with Crippen LogP contribution in [0.1, 0.15) is 42.9 Å². The molecule has 0 aromatic heterocycles. The quantitative estimate of drug-likeness (QED) is 0.404. The molecule has 1 saturated carbocycles. The van der Waals surface area contributed by atoms with Gasteiger partial charge in [-0.2, -0.15) is 0 Å². The molecule has 1 saturated heterocycles. The lowest BCUT2D eigenvalue weighted by Crippen LogP contribution is -2.53. The number of likely N-dealkylation sites (tertiary alicyclic amines) is 1. The van der Waals surface area contributed by atoms with Gasteiger partial charge in [0.05, 0.1) is 11.0 Å². The molecule has 0 bridgehead atoms. The molecule has 2 amide bonds. The zero-order valence-electron chi connectivity index (χ0n) is 22.5. The van der Waals surface area contributed by atoms with E-state index < -0.39 is 5.41 Å². The molecule has 5 nitrogen and oxygen atoms in total. The molecule has 1 aliphatic heterocycles. The van der Waals surface area contributed by atoms with Gasteiger partial charge in [0.1, 0.15) is 5.82 Å². The highest BCUT2D eigenvalue weighted by Gasteiger charge is 2.62. The second-order valence-corrected chi connectivity index (χ2v) is 11.5. The lowest BCUT2D eigenvalue weighted by molar-refractivity contribution is -0.133. The van der Waals surface area contributed by atoms with Crippen molar-refractivity contribution in [3.05, 3.63) is 106 Å². The molecule has 39 heavy (non-hydrogen) atoms. The number of likely N-dealkylation sites (N-methyl/N-ethyl adjacent to an activating group) is 1. The van der Waals surface area contributed by atoms with Gasteiger partial charge < -0.3 is 15.1 Å². The van der Waals surface area contributed by atoms with E-state index in [0.717, 1.165) is 55.6 Å². The monoisotopic (exact) mass is 547 g/mol. The highest BCUT2D eigenvalue weighted by Crippen LogP contribution is 2.56. The number of hydrogen-bond donors (Lipinski definition) is 1. The molecule has 204 valence electrons. The minimum Gasteiger partial charge on any atom is -0.347 e. The van der Waals surface area contributed by atoms with Crippen molar-refractivity contribution in [3.8, 4) is 0 Å². The van der Waals surface area contributed by atoms with Gasteiger partial charge in [-0.15, -0.1) is 0 Å². The molecule has 3 aromatic carbocycles. The summed E-state index contributed by atoms with van der Waals surface area (Å²) in [5.74, 6) is -0.0603. The van der Waals surface area contributed by atoms with Gasteiger partial charge in [0.15, 0.2) is 0 Å². The Hall–Kier alpha value is -3.22. The standard InChI is InChI=1S/C32H35ClFN3O2/c1-23(38)35-31(25-6-4-3-5-7-25)16-18-37(19-17-31)22-27-20-32(27,26-10-12-28(33)13-11-26)30(39)36(2)21-24-8-14-29(34)15-9-24/h3-15,27H,16-22H2,1-2H3,(H,35,38). The van der Waals surface area contributed by atoms with Gasteiger partial charge in [-0.05, 0) is 66.1 Å². The molecule has 2 unspecified atom stereocenters. The number of rotatable bonds is 8. The van der Waals surface area contributed by atoms with Crippen LogP contribution in [0.3, 0.4) is 0 Å². The number of hydrogen-bond acceptors (Lipinski definition) is 3. The number of benzene rings is 3. The Balaban J connectivity index is 1.31.